The molecule has 1 aliphatic rings. The molecule has 0 N–H and O–H groups in total. The molecule has 7 heteroatoms. The highest BCUT2D eigenvalue weighted by Gasteiger charge is 2.52. The number of ether oxygens (including phenoxy) is 1. The lowest BCUT2D eigenvalue weighted by Crippen LogP contribution is -2.41. The van der Waals surface area contributed by atoms with Crippen LogP contribution in [0.5, 0.6) is 5.88 Å². The van der Waals surface area contributed by atoms with Crippen LogP contribution in [-0.2, 0) is 9.31 Å². The second-order valence-corrected chi connectivity index (χ2v) is 6.33. The van der Waals surface area contributed by atoms with Gasteiger partial charge >= 0.3 is 7.12 Å². The van der Waals surface area contributed by atoms with E-state index in [1.165, 1.54) is 0 Å². The molecule has 1 aliphatic heterocycles. The first-order chi connectivity index (χ1) is 10.3. The Morgan fingerprint density at radius 1 is 1.14 bits per heavy atom. The Bertz CT molecular complexity index is 668. The van der Waals surface area contributed by atoms with Gasteiger partial charge in [-0.2, -0.15) is 5.10 Å². The summed E-state index contributed by atoms with van der Waals surface area (Å²) in [7, 11) is 1.13. The van der Waals surface area contributed by atoms with Crippen molar-refractivity contribution in [2.75, 3.05) is 7.11 Å². The van der Waals surface area contributed by atoms with Crippen LogP contribution in [0.3, 0.4) is 0 Å². The van der Waals surface area contributed by atoms with Crippen molar-refractivity contribution in [2.45, 2.75) is 38.9 Å². The van der Waals surface area contributed by atoms with Gasteiger partial charge in [0.25, 0.3) is 0 Å². The zero-order chi connectivity index (χ0) is 16.0. The fraction of sp³-hybridized carbons (Fsp3) is 0.467. The topological polar surface area (TPSA) is 58.4 Å². The van der Waals surface area contributed by atoms with Crippen LogP contribution in [0.15, 0.2) is 30.6 Å². The van der Waals surface area contributed by atoms with Gasteiger partial charge in [-0.1, -0.05) is 0 Å². The summed E-state index contributed by atoms with van der Waals surface area (Å²) >= 11 is 0. The van der Waals surface area contributed by atoms with E-state index >= 15 is 0 Å². The number of methoxy groups -OCH3 is 1. The van der Waals surface area contributed by atoms with Crippen molar-refractivity contribution < 1.29 is 14.0 Å². The monoisotopic (exact) mass is 301 g/mol. The van der Waals surface area contributed by atoms with E-state index in [4.69, 9.17) is 14.0 Å². The van der Waals surface area contributed by atoms with Crippen LogP contribution in [0.2, 0.25) is 0 Å². The Morgan fingerprint density at radius 2 is 1.82 bits per heavy atom. The molecule has 0 aliphatic carbocycles. The molecule has 0 amide bonds. The first kappa shape index (κ1) is 15.1. The van der Waals surface area contributed by atoms with Crippen LogP contribution in [0.25, 0.3) is 5.69 Å². The number of hydrogen-bond donors (Lipinski definition) is 0. The number of hydrogen-bond acceptors (Lipinski definition) is 5. The van der Waals surface area contributed by atoms with Crippen molar-refractivity contribution in [3.8, 4) is 11.6 Å². The third-order valence-corrected chi connectivity index (χ3v) is 4.30. The van der Waals surface area contributed by atoms with Crippen molar-refractivity contribution in [1.82, 2.24) is 14.8 Å². The van der Waals surface area contributed by atoms with Gasteiger partial charge in [0.15, 0.2) is 0 Å². The lowest BCUT2D eigenvalue weighted by Gasteiger charge is -2.32. The van der Waals surface area contributed by atoms with Crippen LogP contribution >= 0.6 is 0 Å². The van der Waals surface area contributed by atoms with Gasteiger partial charge in [0.05, 0.1) is 29.6 Å². The smallest absolute Gasteiger partial charge is 0.481 e. The summed E-state index contributed by atoms with van der Waals surface area (Å²) in [4.78, 5) is 4.09. The minimum absolute atomic E-state index is 0.374. The normalized spacial score (nSPS) is 19.4. The molecule has 3 heterocycles. The summed E-state index contributed by atoms with van der Waals surface area (Å²) in [6.45, 7) is 8.10. The molecular formula is C15H20BN3O3. The van der Waals surface area contributed by atoms with Crippen molar-refractivity contribution >= 4 is 12.7 Å². The van der Waals surface area contributed by atoms with Crippen molar-refractivity contribution in [1.29, 1.82) is 0 Å². The minimum atomic E-state index is -0.463. The summed E-state index contributed by atoms with van der Waals surface area (Å²) < 4.78 is 18.9. The molecule has 1 fully saturated rings. The van der Waals surface area contributed by atoms with Crippen LogP contribution < -0.4 is 10.3 Å². The maximum atomic E-state index is 6.01. The third-order valence-electron chi connectivity index (χ3n) is 4.30. The summed E-state index contributed by atoms with van der Waals surface area (Å²) in [5, 5.41) is 4.55. The minimum Gasteiger partial charge on any atom is -0.481 e. The SMILES string of the molecule is COc1cc(-n2ccc(B3OC(C)(C)C(C)(C)O3)n2)ccn1. The Labute approximate surface area is 130 Å². The van der Waals surface area contributed by atoms with Gasteiger partial charge < -0.3 is 14.0 Å². The van der Waals surface area contributed by atoms with E-state index in [0.29, 0.717) is 5.88 Å². The van der Waals surface area contributed by atoms with E-state index in [1.54, 1.807) is 18.0 Å². The number of aromatic nitrogens is 3. The van der Waals surface area contributed by atoms with E-state index in [1.807, 2.05) is 52.1 Å². The maximum absolute atomic E-state index is 6.01. The molecule has 116 valence electrons. The van der Waals surface area contributed by atoms with E-state index in [2.05, 4.69) is 10.1 Å². The van der Waals surface area contributed by atoms with E-state index in [0.717, 1.165) is 11.3 Å². The van der Waals surface area contributed by atoms with Crippen molar-refractivity contribution in [2.24, 2.45) is 0 Å². The molecule has 1 saturated heterocycles. The van der Waals surface area contributed by atoms with Crippen LogP contribution in [0.1, 0.15) is 27.7 Å². The van der Waals surface area contributed by atoms with Gasteiger partial charge in [-0.3, -0.25) is 0 Å². The first-order valence-electron chi connectivity index (χ1n) is 7.24. The highest BCUT2D eigenvalue weighted by atomic mass is 16.7. The molecule has 0 saturated carbocycles. The fourth-order valence-electron chi connectivity index (χ4n) is 2.22. The predicted molar refractivity (Wildman–Crippen MR) is 83.6 cm³/mol. The van der Waals surface area contributed by atoms with Gasteiger partial charge in [0.1, 0.15) is 0 Å². The molecule has 22 heavy (non-hydrogen) atoms. The molecule has 0 atom stereocenters. The Kier molecular flexibility index (Phi) is 3.49. The van der Waals surface area contributed by atoms with Gasteiger partial charge in [-0.25, -0.2) is 9.67 Å². The zero-order valence-corrected chi connectivity index (χ0v) is 13.5. The second-order valence-electron chi connectivity index (χ2n) is 6.33. The highest BCUT2D eigenvalue weighted by molar-refractivity contribution is 6.61. The largest absolute Gasteiger partial charge is 0.516 e. The van der Waals surface area contributed by atoms with Crippen molar-refractivity contribution in [3.63, 3.8) is 0 Å². The summed E-state index contributed by atoms with van der Waals surface area (Å²) in [5.41, 5.74) is 0.868. The molecule has 0 bridgehead atoms. The predicted octanol–water partition coefficient (Wildman–Crippen LogP) is 1.58. The first-order valence-corrected chi connectivity index (χ1v) is 7.24. The number of nitrogens with zero attached hydrogens (tertiary/aromatic N) is 3. The second kappa shape index (κ2) is 5.10. The molecule has 3 rings (SSSR count). The summed E-state index contributed by atoms with van der Waals surface area (Å²) in [6.07, 6.45) is 3.56. The van der Waals surface area contributed by atoms with Gasteiger partial charge in [-0.05, 0) is 39.8 Å². The Morgan fingerprint density at radius 3 is 2.45 bits per heavy atom. The molecule has 0 spiro atoms. The van der Waals surface area contributed by atoms with Crippen LogP contribution in [0, 0.1) is 0 Å². The maximum Gasteiger partial charge on any atom is 0.516 e. The molecule has 0 aromatic carbocycles. The Balaban J connectivity index is 1.86. The molecular weight excluding hydrogens is 281 g/mol. The molecule has 2 aromatic rings. The summed E-state index contributed by atoms with van der Waals surface area (Å²) in [6, 6.07) is 5.58. The lowest BCUT2D eigenvalue weighted by atomic mass is 9.85. The van der Waals surface area contributed by atoms with Crippen LogP contribution in [-0.4, -0.2) is 40.2 Å². The van der Waals surface area contributed by atoms with E-state index in [9.17, 15) is 0 Å². The molecule has 0 unspecified atom stereocenters. The standard InChI is InChI=1S/C15H20BN3O3/c1-14(2)15(3,4)22-16(21-14)12-7-9-19(18-12)11-6-8-17-13(10-11)20-5/h6-10H,1-5H3. The third kappa shape index (κ3) is 2.50. The fourth-order valence-corrected chi connectivity index (χ4v) is 2.22. The highest BCUT2D eigenvalue weighted by Crippen LogP contribution is 2.36. The van der Waals surface area contributed by atoms with Gasteiger partial charge in [-0.15, -0.1) is 0 Å². The van der Waals surface area contributed by atoms with Gasteiger partial charge in [0, 0.05) is 18.5 Å². The summed E-state index contributed by atoms with van der Waals surface area (Å²) in [5.74, 6) is 0.546. The van der Waals surface area contributed by atoms with E-state index in [-0.39, 0.29) is 11.2 Å². The average molecular weight is 301 g/mol. The average Bonchev–Trinajstić information content (AvgIpc) is 3.02. The lowest BCUT2D eigenvalue weighted by molar-refractivity contribution is 0.00578. The van der Waals surface area contributed by atoms with Crippen molar-refractivity contribution in [3.05, 3.63) is 30.6 Å². The number of rotatable bonds is 3. The molecule has 6 nitrogen and oxygen atoms in total. The zero-order valence-electron chi connectivity index (χ0n) is 13.5. The molecule has 2 aromatic heterocycles. The molecule has 0 radical (unpaired) electrons. The van der Waals surface area contributed by atoms with Gasteiger partial charge in [0.2, 0.25) is 5.88 Å². The van der Waals surface area contributed by atoms with Crippen LogP contribution in [0.4, 0.5) is 0 Å². The number of pyridine rings is 1. The van der Waals surface area contributed by atoms with E-state index < -0.39 is 7.12 Å². The quantitative estimate of drug-likeness (QED) is 0.806. The Hall–Kier alpha value is -1.86.